The summed E-state index contributed by atoms with van der Waals surface area (Å²) in [4.78, 5) is 24.6. The number of methoxy groups -OCH3 is 2. The lowest BCUT2D eigenvalue weighted by Crippen LogP contribution is -2.09. The number of aryl methyl sites for hydroxylation is 2. The second-order valence-electron chi connectivity index (χ2n) is 7.47. The van der Waals surface area contributed by atoms with Crippen molar-refractivity contribution in [2.45, 2.75) is 32.8 Å². The number of benzene rings is 2. The Hall–Kier alpha value is -3.54. The molecule has 0 bridgehead atoms. The van der Waals surface area contributed by atoms with Crippen molar-refractivity contribution in [2.75, 3.05) is 14.2 Å². The van der Waals surface area contributed by atoms with Crippen LogP contribution >= 0.6 is 0 Å². The summed E-state index contributed by atoms with van der Waals surface area (Å²) in [6.07, 6.45) is 4.01. The van der Waals surface area contributed by atoms with E-state index >= 15 is 0 Å². The Balaban J connectivity index is 1.67. The van der Waals surface area contributed by atoms with Crippen molar-refractivity contribution in [3.8, 4) is 5.75 Å². The molecule has 1 heterocycles. The van der Waals surface area contributed by atoms with Gasteiger partial charge in [0, 0.05) is 16.5 Å². The fourth-order valence-electron chi connectivity index (χ4n) is 4.13. The van der Waals surface area contributed by atoms with Crippen LogP contribution in [-0.2, 0) is 33.7 Å². The van der Waals surface area contributed by atoms with Gasteiger partial charge in [0.15, 0.2) is 0 Å². The lowest BCUT2D eigenvalue weighted by molar-refractivity contribution is -0.133. The maximum atomic E-state index is 12.4. The third-order valence-electron chi connectivity index (χ3n) is 5.67. The lowest BCUT2D eigenvalue weighted by Gasteiger charge is -2.15. The summed E-state index contributed by atoms with van der Waals surface area (Å²) in [5.74, 6) is 0.130. The highest BCUT2D eigenvalue weighted by molar-refractivity contribution is 6.16. The summed E-state index contributed by atoms with van der Waals surface area (Å²) in [6, 6.07) is 11.3. The van der Waals surface area contributed by atoms with Gasteiger partial charge >= 0.3 is 11.6 Å². The van der Waals surface area contributed by atoms with Crippen LogP contribution in [0.3, 0.4) is 0 Å². The molecule has 2 aromatic carbocycles. The molecular weight excluding hydrogens is 396 g/mol. The maximum Gasteiger partial charge on any atom is 0.341 e. The molecular formula is C25H24O6. The molecule has 0 saturated carbocycles. The lowest BCUT2D eigenvalue weighted by atomic mass is 10.0. The van der Waals surface area contributed by atoms with E-state index in [-0.39, 0.29) is 12.2 Å². The highest BCUT2D eigenvalue weighted by atomic mass is 16.5. The number of ether oxygens (including phenoxy) is 3. The van der Waals surface area contributed by atoms with Gasteiger partial charge in [-0.3, -0.25) is 0 Å². The van der Waals surface area contributed by atoms with Crippen molar-refractivity contribution in [2.24, 2.45) is 0 Å². The van der Waals surface area contributed by atoms with Gasteiger partial charge in [-0.05, 0) is 55.0 Å². The summed E-state index contributed by atoms with van der Waals surface area (Å²) >= 11 is 0. The average molecular weight is 420 g/mol. The number of esters is 1. The first kappa shape index (κ1) is 20.7. The van der Waals surface area contributed by atoms with Crippen LogP contribution in [0, 0.1) is 6.92 Å². The largest absolute Gasteiger partial charge is 0.503 e. The van der Waals surface area contributed by atoms with Gasteiger partial charge in [-0.15, -0.1) is 0 Å². The molecule has 1 aliphatic rings. The summed E-state index contributed by atoms with van der Waals surface area (Å²) in [5.41, 5.74) is 4.77. The normalized spacial score (nSPS) is 13.2. The van der Waals surface area contributed by atoms with Crippen LogP contribution in [-0.4, -0.2) is 20.2 Å². The molecule has 0 N–H and O–H groups in total. The minimum Gasteiger partial charge on any atom is -0.503 e. The Bertz CT molecular complexity index is 1230. The van der Waals surface area contributed by atoms with Crippen LogP contribution in [0.25, 0.3) is 16.5 Å². The summed E-state index contributed by atoms with van der Waals surface area (Å²) in [6.45, 7) is 2.11. The minimum atomic E-state index is -0.494. The summed E-state index contributed by atoms with van der Waals surface area (Å²) in [7, 11) is 2.80. The van der Waals surface area contributed by atoms with Crippen LogP contribution in [0.4, 0.5) is 0 Å². The van der Waals surface area contributed by atoms with E-state index in [1.165, 1.54) is 20.5 Å². The van der Waals surface area contributed by atoms with Crippen molar-refractivity contribution in [1.82, 2.24) is 0 Å². The van der Waals surface area contributed by atoms with Crippen LogP contribution in [0.2, 0.25) is 0 Å². The quantitative estimate of drug-likeness (QED) is 0.256. The molecule has 0 amide bonds. The second kappa shape index (κ2) is 8.68. The Kier molecular flexibility index (Phi) is 5.80. The number of hydrogen-bond acceptors (Lipinski definition) is 6. The zero-order valence-corrected chi connectivity index (χ0v) is 17.8. The van der Waals surface area contributed by atoms with E-state index in [1.807, 2.05) is 43.3 Å². The van der Waals surface area contributed by atoms with E-state index in [1.54, 1.807) is 0 Å². The second-order valence-corrected chi connectivity index (χ2v) is 7.47. The number of hydrogen-bond donors (Lipinski definition) is 0. The van der Waals surface area contributed by atoms with Gasteiger partial charge in [-0.1, -0.05) is 24.3 Å². The predicted octanol–water partition coefficient (Wildman–Crippen LogP) is 4.33. The van der Waals surface area contributed by atoms with Crippen LogP contribution in [0.1, 0.15) is 34.2 Å². The minimum absolute atomic E-state index is 0.218. The molecule has 1 aromatic heterocycles. The highest BCUT2D eigenvalue weighted by Gasteiger charge is 2.22. The molecule has 4 rings (SSSR count). The summed E-state index contributed by atoms with van der Waals surface area (Å²) < 4.78 is 21.7. The molecule has 1 aliphatic carbocycles. The van der Waals surface area contributed by atoms with E-state index in [4.69, 9.17) is 18.6 Å². The predicted molar refractivity (Wildman–Crippen MR) is 117 cm³/mol. The average Bonchev–Trinajstić information content (AvgIpc) is 3.28. The third kappa shape index (κ3) is 3.81. The van der Waals surface area contributed by atoms with E-state index in [2.05, 4.69) is 0 Å². The number of carbonyl (C=O) groups excluding carboxylic acids is 1. The van der Waals surface area contributed by atoms with E-state index in [0.717, 1.165) is 46.9 Å². The fourth-order valence-corrected chi connectivity index (χ4v) is 4.13. The molecule has 3 aromatic rings. The van der Waals surface area contributed by atoms with Gasteiger partial charge in [0.2, 0.25) is 0 Å². The van der Waals surface area contributed by atoms with Crippen LogP contribution in [0.5, 0.6) is 5.75 Å². The van der Waals surface area contributed by atoms with E-state index < -0.39 is 5.97 Å². The molecule has 6 nitrogen and oxygen atoms in total. The Labute approximate surface area is 180 Å². The molecule has 0 aliphatic heterocycles. The molecule has 0 atom stereocenters. The SMILES string of the molecule is CO/C=C(/C(=O)OC)c1ccccc1COc1ccc2c3c(c(=O)oc2c1C)CCC3. The van der Waals surface area contributed by atoms with Gasteiger partial charge in [0.25, 0.3) is 0 Å². The zero-order chi connectivity index (χ0) is 22.0. The third-order valence-corrected chi connectivity index (χ3v) is 5.67. The van der Waals surface area contributed by atoms with Crippen molar-refractivity contribution < 1.29 is 23.4 Å². The van der Waals surface area contributed by atoms with Gasteiger partial charge < -0.3 is 18.6 Å². The first-order chi connectivity index (χ1) is 15.0. The Morgan fingerprint density at radius 3 is 2.65 bits per heavy atom. The first-order valence-corrected chi connectivity index (χ1v) is 10.2. The van der Waals surface area contributed by atoms with Crippen molar-refractivity contribution in [3.63, 3.8) is 0 Å². The zero-order valence-electron chi connectivity index (χ0n) is 17.8. The molecule has 0 unspecified atom stereocenters. The number of rotatable bonds is 6. The highest BCUT2D eigenvalue weighted by Crippen LogP contribution is 2.33. The molecule has 31 heavy (non-hydrogen) atoms. The van der Waals surface area contributed by atoms with Crippen molar-refractivity contribution in [1.29, 1.82) is 0 Å². The topological polar surface area (TPSA) is 75.0 Å². The van der Waals surface area contributed by atoms with Gasteiger partial charge in [-0.25, -0.2) is 9.59 Å². The first-order valence-electron chi connectivity index (χ1n) is 10.2. The van der Waals surface area contributed by atoms with Crippen LogP contribution < -0.4 is 10.4 Å². The summed E-state index contributed by atoms with van der Waals surface area (Å²) in [5, 5.41) is 0.980. The Morgan fingerprint density at radius 2 is 1.87 bits per heavy atom. The van der Waals surface area contributed by atoms with E-state index in [9.17, 15) is 9.59 Å². The molecule has 6 heteroatoms. The van der Waals surface area contributed by atoms with Crippen molar-refractivity contribution >= 4 is 22.5 Å². The van der Waals surface area contributed by atoms with Gasteiger partial charge in [-0.2, -0.15) is 0 Å². The molecule has 0 spiro atoms. The molecule has 0 saturated heterocycles. The van der Waals surface area contributed by atoms with Crippen LogP contribution in [0.15, 0.2) is 51.9 Å². The molecule has 0 radical (unpaired) electrons. The smallest absolute Gasteiger partial charge is 0.341 e. The van der Waals surface area contributed by atoms with Gasteiger partial charge in [0.1, 0.15) is 23.5 Å². The van der Waals surface area contributed by atoms with E-state index in [0.29, 0.717) is 22.5 Å². The van der Waals surface area contributed by atoms with Gasteiger partial charge in [0.05, 0.1) is 20.5 Å². The number of fused-ring (bicyclic) bond motifs is 3. The monoisotopic (exact) mass is 420 g/mol. The van der Waals surface area contributed by atoms with Crippen molar-refractivity contribution in [3.05, 3.63) is 80.9 Å². The maximum absolute atomic E-state index is 12.4. The number of carbonyl (C=O) groups is 1. The molecule has 160 valence electrons. The standard InChI is InChI=1S/C25H24O6/c1-15-22(12-11-19-18-9-6-10-20(18)25(27)31-23(15)19)30-13-16-7-4-5-8-17(16)21(14-28-2)24(26)29-3/h4-5,7-8,11-12,14H,6,9-10,13H2,1-3H3/b21-14+. The fraction of sp³-hybridized carbons (Fsp3) is 0.280. The molecule has 0 fully saturated rings. The Morgan fingerprint density at radius 1 is 1.10 bits per heavy atom.